The highest BCUT2D eigenvalue weighted by atomic mass is 32.1. The Kier molecular flexibility index (Phi) is 7.05. The van der Waals surface area contributed by atoms with Gasteiger partial charge >= 0.3 is 0 Å². The summed E-state index contributed by atoms with van der Waals surface area (Å²) in [5.74, 6) is 0.803. The van der Waals surface area contributed by atoms with Gasteiger partial charge in [0.25, 0.3) is 5.91 Å². The highest BCUT2D eigenvalue weighted by Gasteiger charge is 2.28. The topological polar surface area (TPSA) is 41.6 Å². The standard InChI is InChI=1S/C26H30N2O2S/c1-3-22-18-23(26(31-22)27-25(29)20-10-6-4-7-11-20)24(28-16-8-5-9-17-28)19-12-14-21(30-2)15-13-19/h4,6-7,10-15,18,24H,3,5,8-9,16-17H2,1-2H3,(H,27,29)/t24-/m1/s1. The van der Waals surface area contributed by atoms with E-state index < -0.39 is 0 Å². The van der Waals surface area contributed by atoms with Crippen LogP contribution < -0.4 is 10.1 Å². The fourth-order valence-electron chi connectivity index (χ4n) is 4.25. The number of nitrogens with one attached hydrogen (secondary N) is 1. The number of amides is 1. The van der Waals surface area contributed by atoms with Crippen LogP contribution in [0, 0.1) is 0 Å². The molecule has 0 aliphatic carbocycles. The zero-order valence-electron chi connectivity index (χ0n) is 18.3. The number of anilines is 1. The van der Waals surface area contributed by atoms with Crippen molar-refractivity contribution in [3.8, 4) is 5.75 Å². The molecule has 0 saturated carbocycles. The molecule has 2 heterocycles. The molecular weight excluding hydrogens is 404 g/mol. The molecule has 0 bridgehead atoms. The summed E-state index contributed by atoms with van der Waals surface area (Å²) in [4.78, 5) is 16.8. The van der Waals surface area contributed by atoms with Gasteiger partial charge in [-0.25, -0.2) is 0 Å². The maximum atomic E-state index is 12.9. The van der Waals surface area contributed by atoms with E-state index >= 15 is 0 Å². The number of rotatable bonds is 7. The molecule has 1 saturated heterocycles. The Morgan fingerprint density at radius 3 is 2.42 bits per heavy atom. The van der Waals surface area contributed by atoms with Gasteiger partial charge in [-0.1, -0.05) is 43.7 Å². The Labute approximate surface area is 188 Å². The summed E-state index contributed by atoms with van der Waals surface area (Å²) in [6.07, 6.45) is 4.66. The van der Waals surface area contributed by atoms with Crippen LogP contribution in [0.25, 0.3) is 0 Å². The Bertz CT molecular complexity index is 992. The van der Waals surface area contributed by atoms with Gasteiger partial charge in [0.15, 0.2) is 0 Å². The molecule has 1 aliphatic heterocycles. The quantitative estimate of drug-likeness (QED) is 0.485. The second kappa shape index (κ2) is 10.1. The normalized spacial score (nSPS) is 15.4. The van der Waals surface area contributed by atoms with Gasteiger partial charge in [0.05, 0.1) is 13.2 Å². The number of benzene rings is 2. The average Bonchev–Trinajstić information content (AvgIpc) is 3.23. The molecule has 4 rings (SSSR count). The molecule has 1 atom stereocenters. The summed E-state index contributed by atoms with van der Waals surface area (Å²) in [5.41, 5.74) is 3.11. The van der Waals surface area contributed by atoms with Crippen molar-refractivity contribution in [1.82, 2.24) is 4.90 Å². The van der Waals surface area contributed by atoms with Crippen LogP contribution in [-0.2, 0) is 6.42 Å². The van der Waals surface area contributed by atoms with Gasteiger partial charge in [-0.2, -0.15) is 0 Å². The molecule has 1 N–H and O–H groups in total. The van der Waals surface area contributed by atoms with E-state index in [2.05, 4.69) is 35.3 Å². The van der Waals surface area contributed by atoms with Gasteiger partial charge in [0.1, 0.15) is 10.8 Å². The van der Waals surface area contributed by atoms with E-state index in [4.69, 9.17) is 4.74 Å². The van der Waals surface area contributed by atoms with E-state index in [0.717, 1.165) is 30.3 Å². The Hall–Kier alpha value is -2.63. The van der Waals surface area contributed by atoms with Crippen LogP contribution in [0.3, 0.4) is 0 Å². The van der Waals surface area contributed by atoms with Crippen molar-refractivity contribution >= 4 is 22.2 Å². The molecule has 1 aliphatic rings. The summed E-state index contributed by atoms with van der Waals surface area (Å²) < 4.78 is 5.38. The summed E-state index contributed by atoms with van der Waals surface area (Å²) in [6, 6.07) is 20.2. The van der Waals surface area contributed by atoms with Crippen LogP contribution in [0.2, 0.25) is 0 Å². The number of likely N-dealkylation sites (tertiary alicyclic amines) is 1. The predicted octanol–water partition coefficient (Wildman–Crippen LogP) is 6.15. The van der Waals surface area contributed by atoms with Crippen LogP contribution in [0.15, 0.2) is 60.7 Å². The molecule has 31 heavy (non-hydrogen) atoms. The third-order valence-electron chi connectivity index (χ3n) is 5.91. The largest absolute Gasteiger partial charge is 0.497 e. The summed E-state index contributed by atoms with van der Waals surface area (Å²) in [5, 5.41) is 4.18. The van der Waals surface area contributed by atoms with Gasteiger partial charge in [-0.15, -0.1) is 11.3 Å². The molecule has 1 amide bonds. The van der Waals surface area contributed by atoms with Crippen molar-refractivity contribution in [2.24, 2.45) is 0 Å². The van der Waals surface area contributed by atoms with Gasteiger partial charge in [0.2, 0.25) is 0 Å². The molecule has 0 unspecified atom stereocenters. The summed E-state index contributed by atoms with van der Waals surface area (Å²) >= 11 is 1.69. The molecule has 0 spiro atoms. The van der Waals surface area contributed by atoms with Crippen LogP contribution in [-0.4, -0.2) is 31.0 Å². The number of thiophene rings is 1. The Morgan fingerprint density at radius 1 is 1.06 bits per heavy atom. The number of aryl methyl sites for hydroxylation is 1. The second-order valence-electron chi connectivity index (χ2n) is 7.94. The van der Waals surface area contributed by atoms with E-state index in [-0.39, 0.29) is 11.9 Å². The number of hydrogen-bond acceptors (Lipinski definition) is 4. The zero-order chi connectivity index (χ0) is 21.6. The molecular formula is C26H30N2O2S. The van der Waals surface area contributed by atoms with Gasteiger partial charge in [-0.05, 0) is 68.2 Å². The van der Waals surface area contributed by atoms with Crippen LogP contribution in [0.5, 0.6) is 5.75 Å². The minimum atomic E-state index is -0.0570. The minimum absolute atomic E-state index is 0.0570. The van der Waals surface area contributed by atoms with E-state index in [1.54, 1.807) is 18.4 Å². The van der Waals surface area contributed by atoms with Crippen molar-refractivity contribution in [3.63, 3.8) is 0 Å². The van der Waals surface area contributed by atoms with Gasteiger partial charge in [-0.3, -0.25) is 9.69 Å². The molecule has 1 aromatic heterocycles. The lowest BCUT2D eigenvalue weighted by molar-refractivity contribution is 0.102. The first kappa shape index (κ1) is 21.6. The molecule has 162 valence electrons. The fraction of sp³-hybridized carbons (Fsp3) is 0.346. The molecule has 5 heteroatoms. The number of piperidine rings is 1. The number of ether oxygens (including phenoxy) is 1. The van der Waals surface area contributed by atoms with Crippen LogP contribution in [0.4, 0.5) is 5.00 Å². The summed E-state index contributed by atoms with van der Waals surface area (Å²) in [6.45, 7) is 4.31. The van der Waals surface area contributed by atoms with E-state index in [9.17, 15) is 4.79 Å². The maximum Gasteiger partial charge on any atom is 0.256 e. The van der Waals surface area contributed by atoms with Crippen molar-refractivity contribution in [3.05, 3.63) is 82.2 Å². The van der Waals surface area contributed by atoms with Gasteiger partial charge in [0, 0.05) is 16.0 Å². The average molecular weight is 435 g/mol. The van der Waals surface area contributed by atoms with Crippen molar-refractivity contribution in [1.29, 1.82) is 0 Å². The zero-order valence-corrected chi connectivity index (χ0v) is 19.1. The number of nitrogens with zero attached hydrogens (tertiary/aromatic N) is 1. The first-order valence-electron chi connectivity index (χ1n) is 11.1. The first-order chi connectivity index (χ1) is 15.2. The number of methoxy groups -OCH3 is 1. The fourth-order valence-corrected chi connectivity index (χ4v) is 5.27. The first-order valence-corrected chi connectivity index (χ1v) is 11.9. The molecule has 3 aromatic rings. The molecule has 0 radical (unpaired) electrons. The van der Waals surface area contributed by atoms with E-state index in [1.165, 1.54) is 35.3 Å². The lowest BCUT2D eigenvalue weighted by atomic mass is 9.95. The van der Waals surface area contributed by atoms with Gasteiger partial charge < -0.3 is 10.1 Å². The third kappa shape index (κ3) is 5.00. The minimum Gasteiger partial charge on any atom is -0.497 e. The lowest BCUT2D eigenvalue weighted by Crippen LogP contribution is -2.34. The number of carbonyl (C=O) groups is 1. The third-order valence-corrected chi connectivity index (χ3v) is 7.12. The Balaban J connectivity index is 1.72. The van der Waals surface area contributed by atoms with Crippen molar-refractivity contribution < 1.29 is 9.53 Å². The van der Waals surface area contributed by atoms with Crippen LogP contribution >= 0.6 is 11.3 Å². The highest BCUT2D eigenvalue weighted by molar-refractivity contribution is 7.16. The number of hydrogen-bond donors (Lipinski definition) is 1. The van der Waals surface area contributed by atoms with Crippen molar-refractivity contribution in [2.45, 2.75) is 38.6 Å². The lowest BCUT2D eigenvalue weighted by Gasteiger charge is -2.35. The second-order valence-corrected chi connectivity index (χ2v) is 9.08. The number of carbonyl (C=O) groups excluding carboxylic acids is 1. The molecule has 4 nitrogen and oxygen atoms in total. The molecule has 1 fully saturated rings. The summed E-state index contributed by atoms with van der Waals surface area (Å²) in [7, 11) is 1.70. The molecule has 2 aromatic carbocycles. The van der Waals surface area contributed by atoms with Crippen molar-refractivity contribution in [2.75, 3.05) is 25.5 Å². The SMILES string of the molecule is CCc1cc([C@@H](c2ccc(OC)cc2)N2CCCCC2)c(NC(=O)c2ccccc2)s1. The maximum absolute atomic E-state index is 12.9. The smallest absolute Gasteiger partial charge is 0.256 e. The Morgan fingerprint density at radius 2 is 1.77 bits per heavy atom. The highest BCUT2D eigenvalue weighted by Crippen LogP contribution is 2.41. The van der Waals surface area contributed by atoms with E-state index in [0.29, 0.717) is 5.56 Å². The van der Waals surface area contributed by atoms with E-state index in [1.807, 2.05) is 42.5 Å². The predicted molar refractivity (Wildman–Crippen MR) is 128 cm³/mol. The monoisotopic (exact) mass is 434 g/mol. The van der Waals surface area contributed by atoms with Crippen LogP contribution in [0.1, 0.15) is 58.6 Å².